The lowest BCUT2D eigenvalue weighted by Gasteiger charge is -2.15. The molecule has 21 heavy (non-hydrogen) atoms. The van der Waals surface area contributed by atoms with Crippen molar-refractivity contribution in [3.63, 3.8) is 0 Å². The topological polar surface area (TPSA) is 62.1 Å². The molecule has 1 atom stereocenters. The Hall–Kier alpha value is -2.32. The summed E-state index contributed by atoms with van der Waals surface area (Å²) in [4.78, 5) is 12.1. The van der Waals surface area contributed by atoms with Gasteiger partial charge in [-0.2, -0.15) is 5.26 Å². The lowest BCUT2D eigenvalue weighted by Crippen LogP contribution is -2.30. The van der Waals surface area contributed by atoms with Crippen molar-refractivity contribution in [3.05, 3.63) is 58.6 Å². The zero-order chi connectivity index (χ0) is 15.2. The summed E-state index contributed by atoms with van der Waals surface area (Å²) in [5.74, 6) is 0.290. The lowest BCUT2D eigenvalue weighted by molar-refractivity contribution is -0.122. The predicted octanol–water partition coefficient (Wildman–Crippen LogP) is 3.73. The van der Waals surface area contributed by atoms with Crippen LogP contribution in [-0.2, 0) is 4.79 Å². The van der Waals surface area contributed by atoms with Crippen molar-refractivity contribution in [3.8, 4) is 11.8 Å². The van der Waals surface area contributed by atoms with Gasteiger partial charge in [0.25, 0.3) is 5.91 Å². The molecule has 0 aliphatic rings. The molecule has 2 aromatic rings. The van der Waals surface area contributed by atoms with Gasteiger partial charge in [0.2, 0.25) is 0 Å². The van der Waals surface area contributed by atoms with Crippen molar-refractivity contribution < 1.29 is 9.53 Å². The molecule has 1 amide bonds. The summed E-state index contributed by atoms with van der Waals surface area (Å²) in [6, 6.07) is 16.1. The Morgan fingerprint density at radius 1 is 1.29 bits per heavy atom. The Balaban J connectivity index is 2.05. The Labute approximate surface area is 131 Å². The number of halogens is 1. The summed E-state index contributed by atoms with van der Waals surface area (Å²) in [6.45, 7) is 1.66. The molecule has 0 saturated carbocycles. The summed E-state index contributed by atoms with van der Waals surface area (Å²) >= 11 is 3.35. The summed E-state index contributed by atoms with van der Waals surface area (Å²) < 4.78 is 6.45. The van der Waals surface area contributed by atoms with Crippen molar-refractivity contribution in [1.82, 2.24) is 0 Å². The van der Waals surface area contributed by atoms with Gasteiger partial charge in [0, 0.05) is 4.47 Å². The summed E-state index contributed by atoms with van der Waals surface area (Å²) in [7, 11) is 0. The molecular weight excluding hydrogens is 332 g/mol. The van der Waals surface area contributed by atoms with Gasteiger partial charge in [0.05, 0.1) is 11.3 Å². The van der Waals surface area contributed by atoms with E-state index in [2.05, 4.69) is 21.2 Å². The Bertz CT molecular complexity index is 695. The van der Waals surface area contributed by atoms with Crippen molar-refractivity contribution in [1.29, 1.82) is 5.26 Å². The van der Waals surface area contributed by atoms with Gasteiger partial charge in [0.1, 0.15) is 11.8 Å². The summed E-state index contributed by atoms with van der Waals surface area (Å²) in [5, 5.41) is 11.7. The highest BCUT2D eigenvalue weighted by molar-refractivity contribution is 9.10. The molecule has 4 nitrogen and oxygen atoms in total. The fraction of sp³-hybridized carbons (Fsp3) is 0.125. The third-order valence-corrected chi connectivity index (χ3v) is 3.28. The molecule has 1 unspecified atom stereocenters. The largest absolute Gasteiger partial charge is 0.481 e. The summed E-state index contributed by atoms with van der Waals surface area (Å²) in [5.41, 5.74) is 0.898. The second-order valence-corrected chi connectivity index (χ2v) is 5.28. The van der Waals surface area contributed by atoms with Crippen molar-refractivity contribution in [2.45, 2.75) is 13.0 Å². The smallest absolute Gasteiger partial charge is 0.265 e. The van der Waals surface area contributed by atoms with E-state index < -0.39 is 6.10 Å². The number of ether oxygens (including phenoxy) is 1. The molecule has 0 fully saturated rings. The number of hydrogen-bond donors (Lipinski definition) is 1. The maximum Gasteiger partial charge on any atom is 0.265 e. The molecule has 0 aromatic heterocycles. The highest BCUT2D eigenvalue weighted by atomic mass is 79.9. The van der Waals surface area contributed by atoms with Crippen molar-refractivity contribution in [2.75, 3.05) is 5.32 Å². The number of nitriles is 1. The third-order valence-electron chi connectivity index (χ3n) is 2.78. The van der Waals surface area contributed by atoms with Crippen LogP contribution >= 0.6 is 15.9 Å². The van der Waals surface area contributed by atoms with Crippen LogP contribution in [0.15, 0.2) is 53.0 Å². The quantitative estimate of drug-likeness (QED) is 0.919. The van der Waals surface area contributed by atoms with Crippen LogP contribution in [0.25, 0.3) is 0 Å². The predicted molar refractivity (Wildman–Crippen MR) is 84.0 cm³/mol. The highest BCUT2D eigenvalue weighted by Gasteiger charge is 2.16. The molecule has 1 N–H and O–H groups in total. The van der Waals surface area contributed by atoms with Gasteiger partial charge < -0.3 is 10.1 Å². The number of carbonyl (C=O) groups is 1. The van der Waals surface area contributed by atoms with Gasteiger partial charge in [-0.3, -0.25) is 4.79 Å². The first-order valence-electron chi connectivity index (χ1n) is 6.32. The number of amides is 1. The maximum absolute atomic E-state index is 12.1. The molecule has 2 aromatic carbocycles. The number of hydrogen-bond acceptors (Lipinski definition) is 3. The molecule has 0 heterocycles. The second-order valence-electron chi connectivity index (χ2n) is 4.36. The normalized spacial score (nSPS) is 11.3. The number of carbonyl (C=O) groups excluding carboxylic acids is 1. The van der Waals surface area contributed by atoms with E-state index in [-0.39, 0.29) is 5.91 Å². The van der Waals surface area contributed by atoms with Crippen LogP contribution in [0.1, 0.15) is 12.5 Å². The Kier molecular flexibility index (Phi) is 4.96. The first-order chi connectivity index (χ1) is 10.1. The van der Waals surface area contributed by atoms with E-state index in [9.17, 15) is 4.79 Å². The molecule has 0 bridgehead atoms. The van der Waals surface area contributed by atoms with E-state index in [0.717, 1.165) is 4.47 Å². The molecule has 0 aliphatic carbocycles. The number of para-hydroxylation sites is 1. The van der Waals surface area contributed by atoms with Crippen LogP contribution < -0.4 is 10.1 Å². The minimum atomic E-state index is -0.675. The van der Waals surface area contributed by atoms with Crippen LogP contribution in [0.2, 0.25) is 0 Å². The molecule has 2 rings (SSSR count). The van der Waals surface area contributed by atoms with Crippen LogP contribution in [-0.4, -0.2) is 12.0 Å². The zero-order valence-corrected chi connectivity index (χ0v) is 12.9. The van der Waals surface area contributed by atoms with Crippen molar-refractivity contribution in [2.24, 2.45) is 0 Å². The molecule has 0 spiro atoms. The van der Waals surface area contributed by atoms with Gasteiger partial charge in [-0.15, -0.1) is 0 Å². The number of benzene rings is 2. The fourth-order valence-electron chi connectivity index (χ4n) is 1.72. The van der Waals surface area contributed by atoms with Crippen LogP contribution in [0, 0.1) is 11.3 Å². The molecule has 106 valence electrons. The van der Waals surface area contributed by atoms with E-state index in [0.29, 0.717) is 17.0 Å². The van der Waals surface area contributed by atoms with Gasteiger partial charge >= 0.3 is 0 Å². The van der Waals surface area contributed by atoms with E-state index in [1.165, 1.54) is 0 Å². The van der Waals surface area contributed by atoms with Crippen LogP contribution in [0.3, 0.4) is 0 Å². The number of nitrogens with one attached hydrogen (secondary N) is 1. The number of nitrogens with zero attached hydrogens (tertiary/aromatic N) is 1. The average Bonchev–Trinajstić information content (AvgIpc) is 2.47. The second kappa shape index (κ2) is 6.91. The molecule has 0 radical (unpaired) electrons. The van der Waals surface area contributed by atoms with Crippen LogP contribution in [0.4, 0.5) is 5.69 Å². The first-order valence-corrected chi connectivity index (χ1v) is 7.11. The van der Waals surface area contributed by atoms with E-state index in [1.807, 2.05) is 18.2 Å². The number of rotatable bonds is 4. The average molecular weight is 345 g/mol. The number of anilines is 1. The first kappa shape index (κ1) is 15.1. The van der Waals surface area contributed by atoms with Crippen molar-refractivity contribution >= 4 is 27.5 Å². The zero-order valence-electron chi connectivity index (χ0n) is 11.3. The van der Waals surface area contributed by atoms with Gasteiger partial charge in [0.15, 0.2) is 6.10 Å². The minimum Gasteiger partial charge on any atom is -0.481 e. The maximum atomic E-state index is 12.1. The van der Waals surface area contributed by atoms with E-state index in [1.54, 1.807) is 43.3 Å². The van der Waals surface area contributed by atoms with Crippen LogP contribution in [0.5, 0.6) is 5.75 Å². The standard InChI is InChI=1S/C16H13BrN2O2/c1-11(21-14-7-4-6-13(17)9-14)16(20)19-15-8-3-2-5-12(15)10-18/h2-9,11H,1H3,(H,19,20). The van der Waals surface area contributed by atoms with E-state index >= 15 is 0 Å². The SMILES string of the molecule is CC(Oc1cccc(Br)c1)C(=O)Nc1ccccc1C#N. The highest BCUT2D eigenvalue weighted by Crippen LogP contribution is 2.20. The fourth-order valence-corrected chi connectivity index (χ4v) is 2.10. The molecular formula is C16H13BrN2O2. The van der Waals surface area contributed by atoms with Gasteiger partial charge in [-0.1, -0.05) is 34.1 Å². The monoisotopic (exact) mass is 344 g/mol. The minimum absolute atomic E-state index is 0.308. The Morgan fingerprint density at radius 3 is 2.76 bits per heavy atom. The summed E-state index contributed by atoms with van der Waals surface area (Å²) in [6.07, 6.45) is -0.675. The Morgan fingerprint density at radius 2 is 2.05 bits per heavy atom. The van der Waals surface area contributed by atoms with E-state index in [4.69, 9.17) is 10.00 Å². The molecule has 5 heteroatoms. The molecule has 0 saturated heterocycles. The third kappa shape index (κ3) is 4.07. The van der Waals surface area contributed by atoms with Gasteiger partial charge in [-0.05, 0) is 37.3 Å². The lowest BCUT2D eigenvalue weighted by atomic mass is 10.2. The van der Waals surface area contributed by atoms with Gasteiger partial charge in [-0.25, -0.2) is 0 Å². The molecule has 0 aliphatic heterocycles.